The Morgan fingerprint density at radius 1 is 1.33 bits per heavy atom. The quantitative estimate of drug-likeness (QED) is 0.624. The van der Waals surface area contributed by atoms with Gasteiger partial charge in [-0.15, -0.1) is 0 Å². The van der Waals surface area contributed by atoms with E-state index < -0.39 is 24.3 Å². The predicted molar refractivity (Wildman–Crippen MR) is 81.7 cm³/mol. The summed E-state index contributed by atoms with van der Waals surface area (Å²) in [5, 5.41) is 11.4. The number of anilines is 1. The standard InChI is InChI=1S/C13H8N2O4S2/c16-8(17)5-15-7-4-2-1-3-6(7)9(12(15)19)10-11(18)14-13(20)21-10/h1-4H,5H2,(H,16,17)(H,14,18,20)/b10-9-. The van der Waals surface area contributed by atoms with Crippen LogP contribution in [-0.2, 0) is 14.4 Å². The monoisotopic (exact) mass is 320 g/mol. The number of amides is 2. The second-order valence-corrected chi connectivity index (χ2v) is 6.04. The maximum Gasteiger partial charge on any atom is 0.323 e. The topological polar surface area (TPSA) is 86.7 Å². The summed E-state index contributed by atoms with van der Waals surface area (Å²) in [6, 6.07) is 6.78. The molecule has 2 amide bonds. The van der Waals surface area contributed by atoms with Gasteiger partial charge in [-0.3, -0.25) is 19.3 Å². The number of carbonyl (C=O) groups excluding carboxylic acids is 2. The summed E-state index contributed by atoms with van der Waals surface area (Å²) in [6.45, 7) is -0.455. The highest BCUT2D eigenvalue weighted by molar-refractivity contribution is 8.27. The van der Waals surface area contributed by atoms with Crippen molar-refractivity contribution in [3.63, 3.8) is 0 Å². The van der Waals surface area contributed by atoms with Crippen molar-refractivity contribution in [1.29, 1.82) is 0 Å². The van der Waals surface area contributed by atoms with Crippen LogP contribution < -0.4 is 10.2 Å². The molecule has 1 aromatic carbocycles. The molecule has 0 saturated carbocycles. The molecule has 2 aliphatic rings. The number of benzene rings is 1. The Bertz CT molecular complexity index is 741. The molecule has 0 atom stereocenters. The molecule has 8 heteroatoms. The lowest BCUT2D eigenvalue weighted by Crippen LogP contribution is -2.32. The molecule has 0 aromatic heterocycles. The Morgan fingerprint density at radius 3 is 2.67 bits per heavy atom. The number of thioether (sulfide) groups is 1. The van der Waals surface area contributed by atoms with E-state index in [9.17, 15) is 14.4 Å². The van der Waals surface area contributed by atoms with Crippen LogP contribution in [0.4, 0.5) is 5.69 Å². The van der Waals surface area contributed by atoms with Gasteiger partial charge in [0, 0.05) is 5.56 Å². The number of hydrogen-bond donors (Lipinski definition) is 2. The van der Waals surface area contributed by atoms with E-state index in [1.165, 1.54) is 0 Å². The zero-order chi connectivity index (χ0) is 15.1. The Balaban J connectivity index is 2.18. The third kappa shape index (κ3) is 2.22. The van der Waals surface area contributed by atoms with Gasteiger partial charge < -0.3 is 10.4 Å². The number of carbonyl (C=O) groups is 3. The van der Waals surface area contributed by atoms with Crippen molar-refractivity contribution in [2.45, 2.75) is 0 Å². The molecule has 1 aromatic rings. The Kier molecular flexibility index (Phi) is 3.26. The number of fused-ring (bicyclic) bond motifs is 1. The number of rotatable bonds is 2. The first-order valence-electron chi connectivity index (χ1n) is 5.89. The molecular weight excluding hydrogens is 312 g/mol. The first-order valence-corrected chi connectivity index (χ1v) is 7.12. The molecule has 6 nitrogen and oxygen atoms in total. The van der Waals surface area contributed by atoms with Crippen molar-refractivity contribution < 1.29 is 19.5 Å². The largest absolute Gasteiger partial charge is 0.480 e. The van der Waals surface area contributed by atoms with Gasteiger partial charge in [0.2, 0.25) is 0 Å². The van der Waals surface area contributed by atoms with Crippen LogP contribution in [0.3, 0.4) is 0 Å². The third-order valence-electron chi connectivity index (χ3n) is 3.06. The molecule has 2 aliphatic heterocycles. The number of para-hydroxylation sites is 1. The average Bonchev–Trinajstić information content (AvgIpc) is 2.88. The zero-order valence-corrected chi connectivity index (χ0v) is 12.1. The van der Waals surface area contributed by atoms with E-state index in [0.29, 0.717) is 11.3 Å². The Morgan fingerprint density at radius 2 is 2.05 bits per heavy atom. The van der Waals surface area contributed by atoms with Crippen LogP contribution in [0.5, 0.6) is 0 Å². The van der Waals surface area contributed by atoms with Crippen LogP contribution in [0.2, 0.25) is 0 Å². The summed E-state index contributed by atoms with van der Waals surface area (Å²) >= 11 is 5.94. The molecule has 1 saturated heterocycles. The first-order chi connectivity index (χ1) is 9.99. The van der Waals surface area contributed by atoms with Crippen molar-refractivity contribution in [3.05, 3.63) is 34.7 Å². The van der Waals surface area contributed by atoms with Crippen molar-refractivity contribution in [3.8, 4) is 0 Å². The van der Waals surface area contributed by atoms with Gasteiger partial charge in [-0.05, 0) is 6.07 Å². The third-order valence-corrected chi connectivity index (χ3v) is 4.29. The minimum atomic E-state index is -1.12. The number of nitrogens with zero attached hydrogens (tertiary/aromatic N) is 1. The Labute approximate surface area is 128 Å². The van der Waals surface area contributed by atoms with Gasteiger partial charge >= 0.3 is 5.97 Å². The molecule has 0 unspecified atom stereocenters. The lowest BCUT2D eigenvalue weighted by Gasteiger charge is -2.13. The van der Waals surface area contributed by atoms with E-state index in [1.807, 2.05) is 0 Å². The van der Waals surface area contributed by atoms with E-state index in [-0.39, 0.29) is 14.8 Å². The number of hydrogen-bond acceptors (Lipinski definition) is 5. The molecule has 106 valence electrons. The van der Waals surface area contributed by atoms with Crippen molar-refractivity contribution in [2.75, 3.05) is 11.4 Å². The molecular formula is C13H8N2O4S2. The van der Waals surface area contributed by atoms with E-state index >= 15 is 0 Å². The number of carboxylic acid groups (broad SMARTS) is 1. The normalized spacial score (nSPS) is 20.8. The average molecular weight is 320 g/mol. The number of aliphatic carboxylic acids is 1. The second-order valence-electron chi connectivity index (χ2n) is 4.35. The van der Waals surface area contributed by atoms with Crippen LogP contribution in [0, 0.1) is 0 Å². The SMILES string of the molecule is O=C(O)CN1C(=O)/C(=C2\SC(=S)NC2=O)c2ccccc21. The molecule has 3 rings (SSSR count). The maximum absolute atomic E-state index is 12.5. The molecule has 2 heterocycles. The van der Waals surface area contributed by atoms with Gasteiger partial charge in [0.15, 0.2) is 0 Å². The summed E-state index contributed by atoms with van der Waals surface area (Å²) in [5.74, 6) is -2.05. The van der Waals surface area contributed by atoms with Gasteiger partial charge in [0.05, 0.1) is 16.2 Å². The van der Waals surface area contributed by atoms with Crippen LogP contribution in [-0.4, -0.2) is 33.8 Å². The van der Waals surface area contributed by atoms with Gasteiger partial charge in [0.25, 0.3) is 11.8 Å². The molecule has 21 heavy (non-hydrogen) atoms. The first kappa shape index (κ1) is 13.8. The van der Waals surface area contributed by atoms with Gasteiger partial charge in [0.1, 0.15) is 10.9 Å². The second kappa shape index (κ2) is 4.97. The van der Waals surface area contributed by atoms with Gasteiger partial charge in [-0.2, -0.15) is 0 Å². The summed E-state index contributed by atoms with van der Waals surface area (Å²) in [7, 11) is 0. The zero-order valence-electron chi connectivity index (χ0n) is 10.5. The summed E-state index contributed by atoms with van der Waals surface area (Å²) in [4.78, 5) is 36.7. The molecule has 0 radical (unpaired) electrons. The highest BCUT2D eigenvalue weighted by atomic mass is 32.2. The van der Waals surface area contributed by atoms with E-state index in [1.54, 1.807) is 24.3 Å². The predicted octanol–water partition coefficient (Wildman–Crippen LogP) is 0.977. The van der Waals surface area contributed by atoms with E-state index in [2.05, 4.69) is 5.32 Å². The summed E-state index contributed by atoms with van der Waals surface area (Å²) in [6.07, 6.45) is 0. The maximum atomic E-state index is 12.5. The van der Waals surface area contributed by atoms with E-state index in [0.717, 1.165) is 16.7 Å². The molecule has 0 bridgehead atoms. The lowest BCUT2D eigenvalue weighted by atomic mass is 10.1. The molecule has 0 spiro atoms. The molecule has 0 aliphatic carbocycles. The highest BCUT2D eigenvalue weighted by Crippen LogP contribution is 2.42. The van der Waals surface area contributed by atoms with Gasteiger partial charge in [-0.25, -0.2) is 0 Å². The van der Waals surface area contributed by atoms with Crippen LogP contribution >= 0.6 is 24.0 Å². The molecule has 2 N–H and O–H groups in total. The minimum Gasteiger partial charge on any atom is -0.480 e. The van der Waals surface area contributed by atoms with Crippen LogP contribution in [0.25, 0.3) is 5.57 Å². The summed E-state index contributed by atoms with van der Waals surface area (Å²) in [5.41, 5.74) is 1.24. The minimum absolute atomic E-state index is 0.203. The fraction of sp³-hybridized carbons (Fsp3) is 0.0769. The molecule has 1 fully saturated rings. The fourth-order valence-corrected chi connectivity index (χ4v) is 3.39. The van der Waals surface area contributed by atoms with Crippen LogP contribution in [0.15, 0.2) is 29.2 Å². The van der Waals surface area contributed by atoms with Crippen molar-refractivity contribution in [1.82, 2.24) is 5.32 Å². The van der Waals surface area contributed by atoms with Crippen molar-refractivity contribution in [2.24, 2.45) is 0 Å². The lowest BCUT2D eigenvalue weighted by molar-refractivity contribution is -0.136. The summed E-state index contributed by atoms with van der Waals surface area (Å²) < 4.78 is 0.282. The van der Waals surface area contributed by atoms with Crippen LogP contribution in [0.1, 0.15) is 5.56 Å². The van der Waals surface area contributed by atoms with E-state index in [4.69, 9.17) is 17.3 Å². The van der Waals surface area contributed by atoms with Gasteiger partial charge in [-0.1, -0.05) is 42.2 Å². The van der Waals surface area contributed by atoms with Crippen molar-refractivity contribution >= 4 is 57.3 Å². The number of carboxylic acids is 1. The fourth-order valence-electron chi connectivity index (χ4n) is 2.27. The number of thiocarbonyl (C=S) groups is 1. The number of nitrogens with one attached hydrogen (secondary N) is 1. The highest BCUT2D eigenvalue weighted by Gasteiger charge is 2.39. The Hall–Kier alpha value is -2.19. The smallest absolute Gasteiger partial charge is 0.323 e.